The van der Waals surface area contributed by atoms with Gasteiger partial charge in [0, 0.05) is 10.9 Å². The predicted molar refractivity (Wildman–Crippen MR) is 88.0 cm³/mol. The van der Waals surface area contributed by atoms with Crippen LogP contribution in [0.3, 0.4) is 0 Å². The second-order valence-electron chi connectivity index (χ2n) is 4.23. The molecule has 0 spiro atoms. The Morgan fingerprint density at radius 3 is 2.80 bits per heavy atom. The summed E-state index contributed by atoms with van der Waals surface area (Å²) in [5, 5.41) is 2.29. The molecule has 0 aliphatic heterocycles. The standard InChI is InChI=1S/C15H11BrClNOS/c16-8-10-4-3-5-11(17)15(10)19-9-14-18-12-6-1-2-7-13(12)20-14/h1-7H,8-9H2. The Kier molecular flexibility index (Phi) is 4.24. The summed E-state index contributed by atoms with van der Waals surface area (Å²) in [7, 11) is 0. The van der Waals surface area contributed by atoms with Crippen LogP contribution in [-0.2, 0) is 11.9 Å². The summed E-state index contributed by atoms with van der Waals surface area (Å²) < 4.78 is 7.03. The highest BCUT2D eigenvalue weighted by Crippen LogP contribution is 2.31. The van der Waals surface area contributed by atoms with Crippen LogP contribution in [0.15, 0.2) is 42.5 Å². The normalized spacial score (nSPS) is 10.9. The van der Waals surface area contributed by atoms with Gasteiger partial charge in [0.05, 0.1) is 15.2 Å². The fourth-order valence-corrected chi connectivity index (χ4v) is 3.51. The summed E-state index contributed by atoms with van der Waals surface area (Å²) in [4.78, 5) is 4.55. The molecule has 0 aliphatic rings. The second kappa shape index (κ2) is 6.12. The van der Waals surface area contributed by atoms with Gasteiger partial charge in [-0.25, -0.2) is 4.98 Å². The highest BCUT2D eigenvalue weighted by atomic mass is 79.9. The van der Waals surface area contributed by atoms with Gasteiger partial charge in [0.25, 0.3) is 0 Å². The van der Waals surface area contributed by atoms with Crippen molar-refractivity contribution < 1.29 is 4.74 Å². The van der Waals surface area contributed by atoms with E-state index in [1.54, 1.807) is 11.3 Å². The monoisotopic (exact) mass is 367 g/mol. The van der Waals surface area contributed by atoms with Gasteiger partial charge >= 0.3 is 0 Å². The summed E-state index contributed by atoms with van der Waals surface area (Å²) >= 11 is 11.3. The van der Waals surface area contributed by atoms with Crippen molar-refractivity contribution in [3.05, 3.63) is 58.1 Å². The molecular formula is C15H11BrClNOS. The summed E-state index contributed by atoms with van der Waals surface area (Å²) in [5.74, 6) is 0.727. The van der Waals surface area contributed by atoms with Crippen molar-refractivity contribution in [1.29, 1.82) is 0 Å². The third-order valence-electron chi connectivity index (χ3n) is 2.87. The third kappa shape index (κ3) is 2.82. The number of thiazole rings is 1. The molecule has 1 aromatic heterocycles. The molecule has 2 aromatic carbocycles. The van der Waals surface area contributed by atoms with Crippen LogP contribution >= 0.6 is 38.9 Å². The zero-order valence-electron chi connectivity index (χ0n) is 10.5. The fourth-order valence-electron chi connectivity index (χ4n) is 1.94. The minimum Gasteiger partial charge on any atom is -0.485 e. The SMILES string of the molecule is Clc1cccc(CBr)c1OCc1nc2ccccc2s1. The molecule has 0 aliphatic carbocycles. The van der Waals surface area contributed by atoms with E-state index in [0.29, 0.717) is 17.0 Å². The van der Waals surface area contributed by atoms with Crippen molar-refractivity contribution in [2.24, 2.45) is 0 Å². The average Bonchev–Trinajstić information content (AvgIpc) is 2.88. The number of nitrogens with zero attached hydrogens (tertiary/aromatic N) is 1. The van der Waals surface area contributed by atoms with Gasteiger partial charge < -0.3 is 4.74 Å². The summed E-state index contributed by atoms with van der Waals surface area (Å²) in [6, 6.07) is 13.8. The van der Waals surface area contributed by atoms with Crippen molar-refractivity contribution in [2.75, 3.05) is 0 Å². The van der Waals surface area contributed by atoms with Crippen LogP contribution < -0.4 is 4.74 Å². The maximum atomic E-state index is 6.19. The van der Waals surface area contributed by atoms with Crippen molar-refractivity contribution >= 4 is 49.1 Å². The molecule has 0 radical (unpaired) electrons. The molecule has 3 aromatic rings. The Bertz CT molecular complexity index is 711. The van der Waals surface area contributed by atoms with E-state index in [0.717, 1.165) is 21.8 Å². The number of benzene rings is 2. The third-order valence-corrected chi connectivity index (χ3v) is 4.78. The Hall–Kier alpha value is -1.10. The topological polar surface area (TPSA) is 22.1 Å². The molecule has 0 bridgehead atoms. The summed E-state index contributed by atoms with van der Waals surface area (Å²) in [6.45, 7) is 0.434. The van der Waals surface area contributed by atoms with E-state index >= 15 is 0 Å². The lowest BCUT2D eigenvalue weighted by molar-refractivity contribution is 0.304. The molecule has 102 valence electrons. The number of aromatic nitrogens is 1. The van der Waals surface area contributed by atoms with Gasteiger partial charge in [-0.05, 0) is 18.2 Å². The van der Waals surface area contributed by atoms with Crippen molar-refractivity contribution in [1.82, 2.24) is 4.98 Å². The lowest BCUT2D eigenvalue weighted by atomic mass is 10.2. The Morgan fingerprint density at radius 2 is 2.00 bits per heavy atom. The first-order chi connectivity index (χ1) is 9.78. The van der Waals surface area contributed by atoms with Gasteiger partial charge in [0.15, 0.2) is 0 Å². The number of ether oxygens (including phenoxy) is 1. The van der Waals surface area contributed by atoms with Crippen molar-refractivity contribution in [2.45, 2.75) is 11.9 Å². The minimum atomic E-state index is 0.434. The molecule has 0 amide bonds. The number of rotatable bonds is 4. The molecular weight excluding hydrogens is 358 g/mol. The Balaban J connectivity index is 1.82. The lowest BCUT2D eigenvalue weighted by Crippen LogP contribution is -1.98. The maximum absolute atomic E-state index is 6.19. The van der Waals surface area contributed by atoms with Gasteiger partial charge in [-0.2, -0.15) is 0 Å². The van der Waals surface area contributed by atoms with E-state index < -0.39 is 0 Å². The van der Waals surface area contributed by atoms with E-state index in [-0.39, 0.29) is 0 Å². The largest absolute Gasteiger partial charge is 0.485 e. The quantitative estimate of drug-likeness (QED) is 0.573. The molecule has 1 heterocycles. The molecule has 0 saturated heterocycles. The average molecular weight is 369 g/mol. The molecule has 0 fully saturated rings. The molecule has 0 unspecified atom stereocenters. The Morgan fingerprint density at radius 1 is 1.15 bits per heavy atom. The van der Waals surface area contributed by atoms with E-state index in [2.05, 4.69) is 27.0 Å². The van der Waals surface area contributed by atoms with Gasteiger partial charge in [-0.1, -0.05) is 51.8 Å². The number of hydrogen-bond donors (Lipinski definition) is 0. The van der Waals surface area contributed by atoms with Crippen molar-refractivity contribution in [3.63, 3.8) is 0 Å². The first-order valence-corrected chi connectivity index (χ1v) is 8.40. The lowest BCUT2D eigenvalue weighted by Gasteiger charge is -2.10. The van der Waals surface area contributed by atoms with E-state index in [1.807, 2.05) is 36.4 Å². The number of alkyl halides is 1. The van der Waals surface area contributed by atoms with Gasteiger partial charge in [0.2, 0.25) is 0 Å². The molecule has 2 nitrogen and oxygen atoms in total. The number of hydrogen-bond acceptors (Lipinski definition) is 3. The van der Waals surface area contributed by atoms with E-state index in [1.165, 1.54) is 4.70 Å². The number of fused-ring (bicyclic) bond motifs is 1. The molecule has 0 N–H and O–H groups in total. The van der Waals surface area contributed by atoms with Gasteiger partial charge in [-0.3, -0.25) is 0 Å². The van der Waals surface area contributed by atoms with Crippen LogP contribution in [0.2, 0.25) is 5.02 Å². The van der Waals surface area contributed by atoms with Crippen LogP contribution in [0.4, 0.5) is 0 Å². The van der Waals surface area contributed by atoms with E-state index in [4.69, 9.17) is 16.3 Å². The summed E-state index contributed by atoms with van der Waals surface area (Å²) in [5.41, 5.74) is 2.05. The fraction of sp³-hybridized carbons (Fsp3) is 0.133. The first kappa shape index (κ1) is 13.9. The summed E-state index contributed by atoms with van der Waals surface area (Å²) in [6.07, 6.45) is 0. The van der Waals surface area contributed by atoms with Gasteiger partial charge in [-0.15, -0.1) is 11.3 Å². The number of halogens is 2. The first-order valence-electron chi connectivity index (χ1n) is 6.08. The molecule has 5 heteroatoms. The van der Waals surface area contributed by atoms with E-state index in [9.17, 15) is 0 Å². The van der Waals surface area contributed by atoms with Crippen LogP contribution in [0.5, 0.6) is 5.75 Å². The second-order valence-corrected chi connectivity index (χ2v) is 6.31. The van der Waals surface area contributed by atoms with Crippen LogP contribution in [-0.4, -0.2) is 4.98 Å². The Labute approximate surface area is 134 Å². The van der Waals surface area contributed by atoms with Crippen LogP contribution in [0, 0.1) is 0 Å². The highest BCUT2D eigenvalue weighted by molar-refractivity contribution is 9.08. The molecule has 0 saturated carbocycles. The predicted octanol–water partition coefficient (Wildman–Crippen LogP) is 5.42. The van der Waals surface area contributed by atoms with Crippen LogP contribution in [0.1, 0.15) is 10.6 Å². The van der Waals surface area contributed by atoms with Crippen LogP contribution in [0.25, 0.3) is 10.2 Å². The molecule has 20 heavy (non-hydrogen) atoms. The zero-order valence-corrected chi connectivity index (χ0v) is 13.6. The smallest absolute Gasteiger partial charge is 0.142 e. The molecule has 3 rings (SSSR count). The minimum absolute atomic E-state index is 0.434. The molecule has 0 atom stereocenters. The zero-order chi connectivity index (χ0) is 13.9. The highest BCUT2D eigenvalue weighted by Gasteiger charge is 2.09. The van der Waals surface area contributed by atoms with Gasteiger partial charge in [0.1, 0.15) is 17.4 Å². The number of para-hydroxylation sites is 2. The maximum Gasteiger partial charge on any atom is 0.142 e. The van der Waals surface area contributed by atoms with Crippen molar-refractivity contribution in [3.8, 4) is 5.75 Å².